The van der Waals surface area contributed by atoms with Crippen molar-refractivity contribution >= 4 is 17.7 Å². The molecule has 104 valence electrons. The van der Waals surface area contributed by atoms with Crippen LogP contribution in [-0.4, -0.2) is 29.7 Å². The number of imide groups is 1. The van der Waals surface area contributed by atoms with Crippen LogP contribution in [0.2, 0.25) is 0 Å². The van der Waals surface area contributed by atoms with Gasteiger partial charge < -0.3 is 4.90 Å². The summed E-state index contributed by atoms with van der Waals surface area (Å²) in [5.74, 6) is -0.375. The van der Waals surface area contributed by atoms with E-state index in [4.69, 9.17) is 0 Å². The first kappa shape index (κ1) is 14.0. The van der Waals surface area contributed by atoms with Crippen LogP contribution in [0.5, 0.6) is 0 Å². The van der Waals surface area contributed by atoms with Gasteiger partial charge in [-0.1, -0.05) is 18.2 Å². The first-order chi connectivity index (χ1) is 9.59. The zero-order valence-corrected chi connectivity index (χ0v) is 11.3. The van der Waals surface area contributed by atoms with Crippen LogP contribution in [0.3, 0.4) is 0 Å². The molecule has 2 heterocycles. The monoisotopic (exact) mass is 272 g/mol. The van der Waals surface area contributed by atoms with Crippen molar-refractivity contribution in [3.63, 3.8) is 0 Å². The molecule has 0 unspecified atom stereocenters. The summed E-state index contributed by atoms with van der Waals surface area (Å²) in [7, 11) is 1.80. The van der Waals surface area contributed by atoms with E-state index in [0.29, 0.717) is 17.5 Å². The van der Waals surface area contributed by atoms with Gasteiger partial charge in [-0.05, 0) is 25.0 Å². The molecule has 5 heteroatoms. The van der Waals surface area contributed by atoms with Crippen LogP contribution in [0, 0.1) is 0 Å². The van der Waals surface area contributed by atoms with Gasteiger partial charge in [0.2, 0.25) is 5.91 Å². The summed E-state index contributed by atoms with van der Waals surface area (Å²) in [6.07, 6.45) is 6.61. The second-order valence-corrected chi connectivity index (χ2v) is 4.61. The zero-order valence-electron chi connectivity index (χ0n) is 11.3. The van der Waals surface area contributed by atoms with Crippen molar-refractivity contribution in [3.05, 3.63) is 47.7 Å². The SMILES string of the molecule is CN1C=CCCCC1=O.O=C1NC(=O)c2ccccc21. The maximum Gasteiger partial charge on any atom is 0.258 e. The number of fused-ring (bicyclic) bond motifs is 1. The minimum absolute atomic E-state index is 0.226. The minimum atomic E-state index is -0.300. The molecule has 2 aliphatic heterocycles. The van der Waals surface area contributed by atoms with E-state index in [2.05, 4.69) is 5.32 Å². The van der Waals surface area contributed by atoms with Gasteiger partial charge in [0.15, 0.2) is 0 Å². The maximum atomic E-state index is 10.9. The fraction of sp³-hybridized carbons (Fsp3) is 0.267. The Labute approximate surface area is 117 Å². The van der Waals surface area contributed by atoms with E-state index >= 15 is 0 Å². The molecule has 0 aromatic heterocycles. The van der Waals surface area contributed by atoms with Gasteiger partial charge in [0.25, 0.3) is 11.8 Å². The zero-order chi connectivity index (χ0) is 14.5. The van der Waals surface area contributed by atoms with Gasteiger partial charge in [0.1, 0.15) is 0 Å². The molecule has 3 rings (SSSR count). The smallest absolute Gasteiger partial charge is 0.258 e. The van der Waals surface area contributed by atoms with E-state index in [1.165, 1.54) is 0 Å². The third-order valence-corrected chi connectivity index (χ3v) is 3.13. The highest BCUT2D eigenvalue weighted by molar-refractivity contribution is 6.21. The number of allylic oxidation sites excluding steroid dienone is 1. The van der Waals surface area contributed by atoms with Crippen LogP contribution in [0.25, 0.3) is 0 Å². The average molecular weight is 272 g/mol. The highest BCUT2D eigenvalue weighted by atomic mass is 16.2. The fourth-order valence-corrected chi connectivity index (χ4v) is 1.98. The molecular formula is C15H16N2O3. The number of carbonyl (C=O) groups excluding carboxylic acids is 3. The summed E-state index contributed by atoms with van der Waals surface area (Å²) in [6.45, 7) is 0. The van der Waals surface area contributed by atoms with Gasteiger partial charge in [0.05, 0.1) is 11.1 Å². The average Bonchev–Trinajstić information content (AvgIpc) is 2.61. The Morgan fingerprint density at radius 1 is 1.05 bits per heavy atom. The molecule has 0 atom stereocenters. The molecule has 0 saturated carbocycles. The second kappa shape index (κ2) is 6.14. The Bertz CT molecular complexity index is 545. The van der Waals surface area contributed by atoms with Crippen LogP contribution in [-0.2, 0) is 4.79 Å². The van der Waals surface area contributed by atoms with Gasteiger partial charge in [-0.25, -0.2) is 0 Å². The first-order valence-electron chi connectivity index (χ1n) is 6.46. The number of nitrogens with one attached hydrogen (secondary N) is 1. The molecule has 0 radical (unpaired) electrons. The third-order valence-electron chi connectivity index (χ3n) is 3.13. The lowest BCUT2D eigenvalue weighted by Gasteiger charge is -2.07. The Kier molecular flexibility index (Phi) is 4.30. The lowest BCUT2D eigenvalue weighted by Crippen LogP contribution is -2.19. The predicted octanol–water partition coefficient (Wildman–Crippen LogP) is 1.71. The Morgan fingerprint density at radius 2 is 1.65 bits per heavy atom. The highest BCUT2D eigenvalue weighted by Crippen LogP contribution is 2.13. The highest BCUT2D eigenvalue weighted by Gasteiger charge is 2.25. The minimum Gasteiger partial charge on any atom is -0.322 e. The summed E-state index contributed by atoms with van der Waals surface area (Å²) < 4.78 is 0. The molecule has 0 aliphatic carbocycles. The van der Waals surface area contributed by atoms with Crippen molar-refractivity contribution in [2.75, 3.05) is 7.05 Å². The first-order valence-corrected chi connectivity index (χ1v) is 6.46. The fourth-order valence-electron chi connectivity index (χ4n) is 1.98. The van der Waals surface area contributed by atoms with E-state index < -0.39 is 0 Å². The summed E-state index contributed by atoms with van der Waals surface area (Å²) >= 11 is 0. The topological polar surface area (TPSA) is 66.5 Å². The van der Waals surface area contributed by atoms with E-state index in [1.54, 1.807) is 36.2 Å². The van der Waals surface area contributed by atoms with Crippen molar-refractivity contribution in [2.24, 2.45) is 0 Å². The molecule has 0 fully saturated rings. The predicted molar refractivity (Wildman–Crippen MR) is 74.0 cm³/mol. The van der Waals surface area contributed by atoms with Crippen LogP contribution in [0.15, 0.2) is 36.5 Å². The molecular weight excluding hydrogens is 256 g/mol. The van der Waals surface area contributed by atoms with Crippen LogP contribution in [0.1, 0.15) is 40.0 Å². The Hall–Kier alpha value is -2.43. The van der Waals surface area contributed by atoms with Crippen LogP contribution >= 0.6 is 0 Å². The lowest BCUT2D eigenvalue weighted by molar-refractivity contribution is -0.127. The van der Waals surface area contributed by atoms with Gasteiger partial charge in [-0.15, -0.1) is 0 Å². The van der Waals surface area contributed by atoms with Crippen LogP contribution in [0.4, 0.5) is 0 Å². The van der Waals surface area contributed by atoms with Gasteiger partial charge >= 0.3 is 0 Å². The summed E-state index contributed by atoms with van der Waals surface area (Å²) in [5.41, 5.74) is 0.940. The number of hydrogen-bond donors (Lipinski definition) is 1. The molecule has 2 aliphatic rings. The molecule has 5 nitrogen and oxygen atoms in total. The van der Waals surface area contributed by atoms with Crippen molar-refractivity contribution in [1.82, 2.24) is 10.2 Å². The summed E-state index contributed by atoms with van der Waals surface area (Å²) in [5, 5.41) is 2.20. The molecule has 1 aromatic carbocycles. The molecule has 0 saturated heterocycles. The van der Waals surface area contributed by atoms with Crippen molar-refractivity contribution in [3.8, 4) is 0 Å². The Morgan fingerprint density at radius 3 is 2.25 bits per heavy atom. The van der Waals surface area contributed by atoms with Gasteiger partial charge in [-0.3, -0.25) is 19.7 Å². The number of rotatable bonds is 0. The van der Waals surface area contributed by atoms with E-state index in [1.807, 2.05) is 12.3 Å². The number of hydrogen-bond acceptors (Lipinski definition) is 3. The largest absolute Gasteiger partial charge is 0.322 e. The standard InChI is InChI=1S/C8H5NO2.C7H11NO/c10-7-5-3-1-2-4-6(5)8(11)9-7;1-8-6-4-2-3-5-7(8)9/h1-4H,(H,9,10,11);4,6H,2-3,5H2,1H3. The molecule has 20 heavy (non-hydrogen) atoms. The van der Waals surface area contributed by atoms with Gasteiger partial charge in [-0.2, -0.15) is 0 Å². The second-order valence-electron chi connectivity index (χ2n) is 4.61. The number of carbonyl (C=O) groups is 3. The van der Waals surface area contributed by atoms with Crippen molar-refractivity contribution < 1.29 is 14.4 Å². The van der Waals surface area contributed by atoms with Crippen molar-refractivity contribution in [2.45, 2.75) is 19.3 Å². The summed E-state index contributed by atoms with van der Waals surface area (Å²) in [6, 6.07) is 6.74. The van der Waals surface area contributed by atoms with E-state index in [0.717, 1.165) is 12.8 Å². The Balaban J connectivity index is 0.000000151. The maximum absolute atomic E-state index is 10.9. The molecule has 1 N–H and O–H groups in total. The molecule has 0 bridgehead atoms. The van der Waals surface area contributed by atoms with Crippen molar-refractivity contribution in [1.29, 1.82) is 0 Å². The molecule has 0 spiro atoms. The number of benzene rings is 1. The quantitative estimate of drug-likeness (QED) is 0.731. The van der Waals surface area contributed by atoms with E-state index in [-0.39, 0.29) is 17.7 Å². The third kappa shape index (κ3) is 3.12. The molecule has 3 amide bonds. The summed E-state index contributed by atoms with van der Waals surface area (Å²) in [4.78, 5) is 34.4. The number of amides is 3. The van der Waals surface area contributed by atoms with Gasteiger partial charge in [0, 0.05) is 19.7 Å². The van der Waals surface area contributed by atoms with E-state index in [9.17, 15) is 14.4 Å². The normalized spacial score (nSPS) is 17.1. The number of nitrogens with zero attached hydrogens (tertiary/aromatic N) is 1. The lowest BCUT2D eigenvalue weighted by atomic mass is 10.1. The van der Waals surface area contributed by atoms with Crippen LogP contribution < -0.4 is 5.32 Å². The molecule has 1 aromatic rings.